The summed E-state index contributed by atoms with van der Waals surface area (Å²) >= 11 is 1.79. The first kappa shape index (κ1) is 16.8. The molecule has 0 aromatic heterocycles. The molecule has 23 heavy (non-hydrogen) atoms. The lowest BCUT2D eigenvalue weighted by Crippen LogP contribution is -2.53. The number of rotatable bonds is 4. The van der Waals surface area contributed by atoms with E-state index in [4.69, 9.17) is 0 Å². The second kappa shape index (κ2) is 7.69. The first-order valence-electron chi connectivity index (χ1n) is 8.48. The van der Waals surface area contributed by atoms with E-state index >= 15 is 0 Å². The largest absolute Gasteiger partial charge is 0.391 e. The lowest BCUT2D eigenvalue weighted by molar-refractivity contribution is 0.0315. The van der Waals surface area contributed by atoms with Gasteiger partial charge in [-0.25, -0.2) is 0 Å². The average Bonchev–Trinajstić information content (AvgIpc) is 3.01. The molecule has 1 amide bonds. The molecular formula is C18H26N2O2S. The number of nitrogens with zero attached hydrogens (tertiary/aromatic N) is 2. The van der Waals surface area contributed by atoms with Gasteiger partial charge >= 0.3 is 0 Å². The molecule has 2 fully saturated rings. The Hall–Kier alpha value is -1.04. The fraction of sp³-hybridized carbons (Fsp3) is 0.611. The Bertz CT molecular complexity index is 526. The summed E-state index contributed by atoms with van der Waals surface area (Å²) < 4.78 is 0. The molecule has 2 atom stereocenters. The van der Waals surface area contributed by atoms with Crippen LogP contribution in [0.25, 0.3) is 0 Å². The minimum absolute atomic E-state index is 0.132. The summed E-state index contributed by atoms with van der Waals surface area (Å²) in [6.45, 7) is 3.26. The van der Waals surface area contributed by atoms with Crippen molar-refractivity contribution in [3.05, 3.63) is 35.4 Å². The molecule has 0 bridgehead atoms. The van der Waals surface area contributed by atoms with E-state index in [9.17, 15) is 9.90 Å². The fourth-order valence-corrected chi connectivity index (χ4v) is 4.22. The summed E-state index contributed by atoms with van der Waals surface area (Å²) in [7, 11) is 0. The lowest BCUT2D eigenvalue weighted by atomic mass is 10.1. The summed E-state index contributed by atoms with van der Waals surface area (Å²) in [5.74, 6) is 1.11. The Kier molecular flexibility index (Phi) is 5.62. The van der Waals surface area contributed by atoms with Gasteiger partial charge in [0, 0.05) is 43.5 Å². The Morgan fingerprint density at radius 1 is 1.17 bits per heavy atom. The van der Waals surface area contributed by atoms with Gasteiger partial charge in [0.2, 0.25) is 0 Å². The summed E-state index contributed by atoms with van der Waals surface area (Å²) in [5, 5.41) is 10.0. The molecule has 0 spiro atoms. The number of carbonyl (C=O) groups excluding carboxylic acids is 1. The SMILES string of the molecule is CSCc1ccc(C(=O)N2CCN([C@@H]3CCC[C@H]3O)CC2)cc1. The van der Waals surface area contributed by atoms with Gasteiger partial charge in [0.15, 0.2) is 0 Å². The van der Waals surface area contributed by atoms with Crippen LogP contribution in [0.3, 0.4) is 0 Å². The van der Waals surface area contributed by atoms with Crippen molar-refractivity contribution in [3.63, 3.8) is 0 Å². The standard InChI is InChI=1S/C18H26N2O2S/c1-23-13-14-5-7-15(8-6-14)18(22)20-11-9-19(10-12-20)16-3-2-4-17(16)21/h5-8,16-17,21H,2-4,9-13H2,1H3/t16-,17-/m1/s1. The van der Waals surface area contributed by atoms with E-state index in [1.54, 1.807) is 11.8 Å². The maximum Gasteiger partial charge on any atom is 0.253 e. The van der Waals surface area contributed by atoms with Gasteiger partial charge in [-0.05, 0) is 43.2 Å². The van der Waals surface area contributed by atoms with Gasteiger partial charge in [0.1, 0.15) is 0 Å². The maximum absolute atomic E-state index is 12.6. The van der Waals surface area contributed by atoms with Gasteiger partial charge in [-0.3, -0.25) is 9.69 Å². The van der Waals surface area contributed by atoms with Crippen molar-refractivity contribution in [2.75, 3.05) is 32.4 Å². The van der Waals surface area contributed by atoms with Crippen molar-refractivity contribution in [3.8, 4) is 0 Å². The van der Waals surface area contributed by atoms with Crippen LogP contribution in [-0.4, -0.2) is 65.4 Å². The van der Waals surface area contributed by atoms with Crippen molar-refractivity contribution < 1.29 is 9.90 Å². The molecule has 5 heteroatoms. The van der Waals surface area contributed by atoms with Crippen molar-refractivity contribution in [1.29, 1.82) is 0 Å². The van der Waals surface area contributed by atoms with Gasteiger partial charge < -0.3 is 10.0 Å². The molecule has 1 aromatic rings. The van der Waals surface area contributed by atoms with Crippen LogP contribution in [0.15, 0.2) is 24.3 Å². The second-order valence-electron chi connectivity index (χ2n) is 6.52. The zero-order chi connectivity index (χ0) is 16.2. The van der Waals surface area contributed by atoms with Crippen LogP contribution >= 0.6 is 11.8 Å². The molecule has 1 saturated heterocycles. The predicted molar refractivity (Wildman–Crippen MR) is 94.8 cm³/mol. The smallest absolute Gasteiger partial charge is 0.253 e. The first-order valence-corrected chi connectivity index (χ1v) is 9.87. The van der Waals surface area contributed by atoms with Crippen molar-refractivity contribution >= 4 is 17.7 Å². The highest BCUT2D eigenvalue weighted by atomic mass is 32.2. The van der Waals surface area contributed by atoms with E-state index in [2.05, 4.69) is 23.3 Å². The summed E-state index contributed by atoms with van der Waals surface area (Å²) in [4.78, 5) is 16.9. The van der Waals surface area contributed by atoms with Crippen LogP contribution in [0.4, 0.5) is 0 Å². The van der Waals surface area contributed by atoms with Gasteiger partial charge in [0.25, 0.3) is 5.91 Å². The van der Waals surface area contributed by atoms with Crippen LogP contribution in [0.1, 0.15) is 35.2 Å². The van der Waals surface area contributed by atoms with Crippen LogP contribution in [0, 0.1) is 0 Å². The van der Waals surface area contributed by atoms with Gasteiger partial charge in [0.05, 0.1) is 6.10 Å². The normalized spacial score (nSPS) is 25.7. The Balaban J connectivity index is 1.55. The highest BCUT2D eigenvalue weighted by Crippen LogP contribution is 2.25. The molecule has 1 aliphatic heterocycles. The molecule has 1 saturated carbocycles. The number of piperazine rings is 1. The molecule has 126 valence electrons. The van der Waals surface area contributed by atoms with Crippen LogP contribution in [0.5, 0.6) is 0 Å². The van der Waals surface area contributed by atoms with Gasteiger partial charge in [-0.1, -0.05) is 12.1 Å². The molecule has 0 radical (unpaired) electrons. The van der Waals surface area contributed by atoms with Crippen molar-refractivity contribution in [1.82, 2.24) is 9.80 Å². The van der Waals surface area contributed by atoms with Crippen LogP contribution < -0.4 is 0 Å². The van der Waals surface area contributed by atoms with Crippen LogP contribution in [-0.2, 0) is 5.75 Å². The highest BCUT2D eigenvalue weighted by Gasteiger charge is 2.33. The molecule has 3 rings (SSSR count). The minimum atomic E-state index is -0.179. The molecule has 1 N–H and O–H groups in total. The van der Waals surface area contributed by atoms with Gasteiger partial charge in [-0.15, -0.1) is 0 Å². The molecule has 1 aromatic carbocycles. The van der Waals surface area contributed by atoms with E-state index in [-0.39, 0.29) is 12.0 Å². The lowest BCUT2D eigenvalue weighted by Gasteiger charge is -2.39. The third-order valence-electron chi connectivity index (χ3n) is 5.03. The fourth-order valence-electron chi connectivity index (χ4n) is 3.70. The Labute approximate surface area is 142 Å². The number of benzene rings is 1. The molecular weight excluding hydrogens is 308 g/mol. The van der Waals surface area contributed by atoms with E-state index in [0.717, 1.165) is 56.8 Å². The summed E-state index contributed by atoms with van der Waals surface area (Å²) in [6, 6.07) is 8.30. The number of carbonyl (C=O) groups is 1. The van der Waals surface area contributed by atoms with E-state index in [1.807, 2.05) is 17.0 Å². The number of aliphatic hydroxyl groups is 1. The quantitative estimate of drug-likeness (QED) is 0.917. The maximum atomic E-state index is 12.6. The van der Waals surface area contributed by atoms with Gasteiger partial charge in [-0.2, -0.15) is 11.8 Å². The average molecular weight is 334 g/mol. The molecule has 0 unspecified atom stereocenters. The van der Waals surface area contributed by atoms with E-state index in [1.165, 1.54) is 5.56 Å². The Morgan fingerprint density at radius 2 is 1.87 bits per heavy atom. The molecule has 1 aliphatic carbocycles. The van der Waals surface area contributed by atoms with Crippen LogP contribution in [0.2, 0.25) is 0 Å². The summed E-state index contributed by atoms with van der Waals surface area (Å²) in [6.07, 6.45) is 5.03. The van der Waals surface area contributed by atoms with Crippen molar-refractivity contribution in [2.45, 2.75) is 37.2 Å². The number of aliphatic hydroxyl groups excluding tert-OH is 1. The third-order valence-corrected chi connectivity index (χ3v) is 5.65. The number of thioether (sulfide) groups is 1. The monoisotopic (exact) mass is 334 g/mol. The Morgan fingerprint density at radius 3 is 2.43 bits per heavy atom. The highest BCUT2D eigenvalue weighted by molar-refractivity contribution is 7.97. The number of hydrogen-bond donors (Lipinski definition) is 1. The first-order chi connectivity index (χ1) is 11.2. The zero-order valence-corrected chi connectivity index (χ0v) is 14.6. The zero-order valence-electron chi connectivity index (χ0n) is 13.8. The number of hydrogen-bond acceptors (Lipinski definition) is 4. The minimum Gasteiger partial charge on any atom is -0.391 e. The van der Waals surface area contributed by atoms with E-state index in [0.29, 0.717) is 6.04 Å². The summed E-state index contributed by atoms with van der Waals surface area (Å²) in [5.41, 5.74) is 2.04. The van der Waals surface area contributed by atoms with E-state index < -0.39 is 0 Å². The van der Waals surface area contributed by atoms with Crippen molar-refractivity contribution in [2.24, 2.45) is 0 Å². The topological polar surface area (TPSA) is 43.8 Å². The second-order valence-corrected chi connectivity index (χ2v) is 7.39. The predicted octanol–water partition coefficient (Wildman–Crippen LogP) is 2.22. The molecule has 1 heterocycles. The number of amides is 1. The molecule has 4 nitrogen and oxygen atoms in total. The molecule has 2 aliphatic rings. The third kappa shape index (κ3) is 3.90.